The Morgan fingerprint density at radius 3 is 2.63 bits per heavy atom. The summed E-state index contributed by atoms with van der Waals surface area (Å²) in [6.45, 7) is 2.26. The van der Waals surface area contributed by atoms with E-state index in [2.05, 4.69) is 11.6 Å². The van der Waals surface area contributed by atoms with E-state index in [-0.39, 0.29) is 16.9 Å². The molecule has 0 unspecified atom stereocenters. The van der Waals surface area contributed by atoms with E-state index in [4.69, 9.17) is 16.7 Å². The normalized spacial score (nSPS) is 18.1. The molecule has 0 aromatic heterocycles. The van der Waals surface area contributed by atoms with Crippen LogP contribution in [0.15, 0.2) is 23.1 Å². The molecule has 1 aliphatic carbocycles. The highest BCUT2D eigenvalue weighted by molar-refractivity contribution is 7.89. The Morgan fingerprint density at radius 2 is 2.11 bits per heavy atom. The summed E-state index contributed by atoms with van der Waals surface area (Å²) in [6.07, 6.45) is 3.27. The molecule has 106 valence electrons. The number of hydrogen-bond donors (Lipinski definition) is 2. The average Bonchev–Trinajstić information content (AvgIpc) is 2.34. The van der Waals surface area contributed by atoms with Gasteiger partial charge >= 0.3 is 0 Å². The number of hydrogen-bond acceptors (Lipinski definition) is 3. The smallest absolute Gasteiger partial charge is 0.240 e. The predicted molar refractivity (Wildman–Crippen MR) is 74.5 cm³/mol. The van der Waals surface area contributed by atoms with Crippen molar-refractivity contribution in [2.45, 2.75) is 37.7 Å². The summed E-state index contributed by atoms with van der Waals surface area (Å²) in [5.41, 5.74) is 0.499. The average molecular weight is 304 g/mol. The first-order valence-electron chi connectivity index (χ1n) is 6.25. The third kappa shape index (κ3) is 3.28. The zero-order valence-corrected chi connectivity index (χ0v) is 12.4. The van der Waals surface area contributed by atoms with Crippen LogP contribution in [0.2, 0.25) is 5.02 Å². The highest BCUT2D eigenvalue weighted by Crippen LogP contribution is 2.39. The highest BCUT2D eigenvalue weighted by Gasteiger charge is 2.33. The summed E-state index contributed by atoms with van der Waals surface area (Å²) >= 11 is 5.85. The molecule has 0 atom stereocenters. The fourth-order valence-corrected chi connectivity index (χ4v) is 3.58. The van der Waals surface area contributed by atoms with Crippen LogP contribution in [0.1, 0.15) is 31.7 Å². The number of aliphatic hydroxyl groups is 1. The minimum absolute atomic E-state index is 0.0826. The summed E-state index contributed by atoms with van der Waals surface area (Å²) in [7, 11) is -3.54. The maximum Gasteiger partial charge on any atom is 0.240 e. The number of nitrogens with one attached hydrogen (secondary N) is 1. The van der Waals surface area contributed by atoms with Gasteiger partial charge in [0.25, 0.3) is 0 Å². The Bertz CT molecular complexity index is 567. The largest absolute Gasteiger partial charge is 0.392 e. The maximum absolute atomic E-state index is 12.2. The third-order valence-electron chi connectivity index (χ3n) is 3.75. The van der Waals surface area contributed by atoms with E-state index in [0.717, 1.165) is 19.3 Å². The maximum atomic E-state index is 12.2. The fourth-order valence-electron chi connectivity index (χ4n) is 2.15. The molecule has 0 radical (unpaired) electrons. The molecule has 0 saturated heterocycles. The molecule has 1 aromatic rings. The van der Waals surface area contributed by atoms with Crippen LogP contribution in [-0.2, 0) is 16.6 Å². The molecule has 0 amide bonds. The molecular weight excluding hydrogens is 286 g/mol. The molecule has 1 fully saturated rings. The van der Waals surface area contributed by atoms with Gasteiger partial charge in [-0.15, -0.1) is 0 Å². The number of sulfonamides is 1. The summed E-state index contributed by atoms with van der Waals surface area (Å²) in [6, 6.07) is 4.35. The molecule has 2 rings (SSSR count). The van der Waals surface area contributed by atoms with Gasteiger partial charge in [-0.05, 0) is 42.0 Å². The molecule has 0 spiro atoms. The molecule has 1 aromatic carbocycles. The Balaban J connectivity index is 2.14. The van der Waals surface area contributed by atoms with Crippen molar-refractivity contribution in [2.24, 2.45) is 5.41 Å². The van der Waals surface area contributed by atoms with Crippen LogP contribution in [0.4, 0.5) is 0 Å². The zero-order valence-electron chi connectivity index (χ0n) is 10.8. The third-order valence-corrected chi connectivity index (χ3v) is 5.52. The van der Waals surface area contributed by atoms with Crippen molar-refractivity contribution in [3.05, 3.63) is 28.8 Å². The van der Waals surface area contributed by atoms with Crippen LogP contribution in [0, 0.1) is 5.41 Å². The van der Waals surface area contributed by atoms with Gasteiger partial charge in [0.15, 0.2) is 0 Å². The highest BCUT2D eigenvalue weighted by atomic mass is 35.5. The predicted octanol–water partition coefficient (Wildman–Crippen LogP) is 2.30. The summed E-state index contributed by atoms with van der Waals surface area (Å²) in [5.74, 6) is 0. The first-order valence-corrected chi connectivity index (χ1v) is 8.11. The lowest BCUT2D eigenvalue weighted by Gasteiger charge is -2.38. The molecule has 1 aliphatic rings. The molecule has 0 aliphatic heterocycles. The lowest BCUT2D eigenvalue weighted by atomic mass is 9.71. The molecule has 2 N–H and O–H groups in total. The Kier molecular flexibility index (Phi) is 4.20. The lowest BCUT2D eigenvalue weighted by Crippen LogP contribution is -2.39. The van der Waals surface area contributed by atoms with Crippen LogP contribution >= 0.6 is 11.6 Å². The van der Waals surface area contributed by atoms with Gasteiger partial charge in [0, 0.05) is 11.6 Å². The van der Waals surface area contributed by atoms with Crippen molar-refractivity contribution in [3.8, 4) is 0 Å². The van der Waals surface area contributed by atoms with Crippen molar-refractivity contribution >= 4 is 21.6 Å². The number of benzene rings is 1. The van der Waals surface area contributed by atoms with E-state index in [9.17, 15) is 8.42 Å². The second kappa shape index (κ2) is 5.40. The van der Waals surface area contributed by atoms with Gasteiger partial charge in [0.1, 0.15) is 0 Å². The van der Waals surface area contributed by atoms with E-state index < -0.39 is 10.0 Å². The minimum Gasteiger partial charge on any atom is -0.392 e. The summed E-state index contributed by atoms with van der Waals surface area (Å²) < 4.78 is 27.0. The Labute approximate surface area is 118 Å². The molecule has 4 nitrogen and oxygen atoms in total. The second-order valence-electron chi connectivity index (χ2n) is 5.40. The van der Waals surface area contributed by atoms with E-state index in [1.54, 1.807) is 0 Å². The topological polar surface area (TPSA) is 66.4 Å². The zero-order chi connectivity index (χ0) is 14.1. The van der Waals surface area contributed by atoms with Crippen molar-refractivity contribution in [3.63, 3.8) is 0 Å². The number of aliphatic hydroxyl groups excluding tert-OH is 1. The van der Waals surface area contributed by atoms with Crippen LogP contribution in [0.5, 0.6) is 0 Å². The van der Waals surface area contributed by atoms with Gasteiger partial charge in [-0.3, -0.25) is 0 Å². The quantitative estimate of drug-likeness (QED) is 0.877. The summed E-state index contributed by atoms with van der Waals surface area (Å²) in [5, 5.41) is 9.48. The number of rotatable bonds is 5. The molecular formula is C13H18ClNO3S. The van der Waals surface area contributed by atoms with Gasteiger partial charge < -0.3 is 5.11 Å². The van der Waals surface area contributed by atoms with E-state index in [1.807, 2.05) is 0 Å². The van der Waals surface area contributed by atoms with E-state index in [1.165, 1.54) is 18.2 Å². The summed E-state index contributed by atoms with van der Waals surface area (Å²) in [4.78, 5) is 0.142. The van der Waals surface area contributed by atoms with Crippen molar-refractivity contribution in [1.29, 1.82) is 0 Å². The first-order chi connectivity index (χ1) is 8.86. The van der Waals surface area contributed by atoms with Gasteiger partial charge in [0.2, 0.25) is 10.0 Å². The standard InChI is InChI=1S/C13H18ClNO3S/c1-13(5-2-6-13)9-15-19(17,18)11-3-4-12(14)10(7-11)8-16/h3-4,7,15-16H,2,5-6,8-9H2,1H3. The molecule has 6 heteroatoms. The minimum atomic E-state index is -3.54. The van der Waals surface area contributed by atoms with Crippen LogP contribution in [-0.4, -0.2) is 20.1 Å². The van der Waals surface area contributed by atoms with Crippen LogP contribution in [0.3, 0.4) is 0 Å². The SMILES string of the molecule is CC1(CNS(=O)(=O)c2ccc(Cl)c(CO)c2)CCC1. The number of halogens is 1. The first kappa shape index (κ1) is 14.8. The van der Waals surface area contributed by atoms with E-state index >= 15 is 0 Å². The van der Waals surface area contributed by atoms with Gasteiger partial charge in [-0.25, -0.2) is 13.1 Å². The van der Waals surface area contributed by atoms with Crippen molar-refractivity contribution in [1.82, 2.24) is 4.72 Å². The van der Waals surface area contributed by atoms with E-state index in [0.29, 0.717) is 17.1 Å². The fraction of sp³-hybridized carbons (Fsp3) is 0.538. The molecule has 1 saturated carbocycles. The Hall–Kier alpha value is -0.620. The van der Waals surface area contributed by atoms with Crippen LogP contribution < -0.4 is 4.72 Å². The molecule has 0 bridgehead atoms. The lowest BCUT2D eigenvalue weighted by molar-refractivity contribution is 0.166. The second-order valence-corrected chi connectivity index (χ2v) is 7.57. The van der Waals surface area contributed by atoms with Crippen molar-refractivity contribution in [2.75, 3.05) is 6.54 Å². The molecule has 0 heterocycles. The van der Waals surface area contributed by atoms with Crippen molar-refractivity contribution < 1.29 is 13.5 Å². The molecule has 19 heavy (non-hydrogen) atoms. The van der Waals surface area contributed by atoms with Crippen LogP contribution in [0.25, 0.3) is 0 Å². The van der Waals surface area contributed by atoms with Gasteiger partial charge in [0.05, 0.1) is 11.5 Å². The van der Waals surface area contributed by atoms with Gasteiger partial charge in [-0.2, -0.15) is 0 Å². The Morgan fingerprint density at radius 1 is 1.42 bits per heavy atom. The monoisotopic (exact) mass is 303 g/mol. The van der Waals surface area contributed by atoms with Gasteiger partial charge in [-0.1, -0.05) is 24.9 Å².